The van der Waals surface area contributed by atoms with Crippen LogP contribution in [0.2, 0.25) is 0 Å². The molecule has 6 heteroatoms. The van der Waals surface area contributed by atoms with Crippen molar-refractivity contribution in [1.82, 2.24) is 10.6 Å². The zero-order chi connectivity index (χ0) is 14.4. The summed E-state index contributed by atoms with van der Waals surface area (Å²) in [5.41, 5.74) is 0.600. The minimum absolute atomic E-state index is 0.159. The van der Waals surface area contributed by atoms with Crippen molar-refractivity contribution in [3.63, 3.8) is 0 Å². The Bertz CT molecular complexity index is 579. The second-order valence-electron chi connectivity index (χ2n) is 4.00. The van der Waals surface area contributed by atoms with E-state index in [9.17, 15) is 9.59 Å². The summed E-state index contributed by atoms with van der Waals surface area (Å²) in [6, 6.07) is 10.5. The van der Waals surface area contributed by atoms with Crippen LogP contribution in [-0.4, -0.2) is 24.9 Å². The first kappa shape index (κ1) is 14.6. The summed E-state index contributed by atoms with van der Waals surface area (Å²) < 4.78 is 6.03. The van der Waals surface area contributed by atoms with E-state index in [0.29, 0.717) is 18.7 Å². The van der Waals surface area contributed by atoms with E-state index in [2.05, 4.69) is 33.2 Å². The van der Waals surface area contributed by atoms with Crippen LogP contribution in [0.1, 0.15) is 20.9 Å². The van der Waals surface area contributed by atoms with Crippen molar-refractivity contribution in [2.45, 2.75) is 0 Å². The lowest BCUT2D eigenvalue weighted by Gasteiger charge is -2.06. The van der Waals surface area contributed by atoms with Gasteiger partial charge in [0.2, 0.25) is 0 Å². The zero-order valence-electron chi connectivity index (χ0n) is 10.6. The number of nitrogens with one attached hydrogen (secondary N) is 2. The van der Waals surface area contributed by atoms with Crippen LogP contribution in [0.4, 0.5) is 0 Å². The van der Waals surface area contributed by atoms with Crippen LogP contribution < -0.4 is 10.6 Å². The van der Waals surface area contributed by atoms with Gasteiger partial charge in [0.15, 0.2) is 5.76 Å². The molecule has 0 bridgehead atoms. The van der Waals surface area contributed by atoms with Crippen LogP contribution >= 0.6 is 22.6 Å². The number of benzene rings is 1. The van der Waals surface area contributed by atoms with Crippen LogP contribution in [0.5, 0.6) is 0 Å². The van der Waals surface area contributed by atoms with Crippen molar-refractivity contribution in [2.75, 3.05) is 13.1 Å². The van der Waals surface area contributed by atoms with E-state index in [4.69, 9.17) is 4.42 Å². The van der Waals surface area contributed by atoms with E-state index in [1.807, 2.05) is 12.1 Å². The largest absolute Gasteiger partial charge is 0.459 e. The molecule has 0 spiro atoms. The van der Waals surface area contributed by atoms with E-state index in [0.717, 1.165) is 3.57 Å². The van der Waals surface area contributed by atoms with Gasteiger partial charge in [0, 0.05) is 22.2 Å². The fraction of sp³-hybridized carbons (Fsp3) is 0.143. The summed E-state index contributed by atoms with van der Waals surface area (Å²) in [7, 11) is 0. The van der Waals surface area contributed by atoms with Gasteiger partial charge in [-0.25, -0.2) is 0 Å². The number of hydrogen-bond donors (Lipinski definition) is 2. The van der Waals surface area contributed by atoms with Gasteiger partial charge in [-0.05, 0) is 59.0 Å². The van der Waals surface area contributed by atoms with E-state index in [-0.39, 0.29) is 17.6 Å². The average molecular weight is 384 g/mol. The van der Waals surface area contributed by atoms with Gasteiger partial charge < -0.3 is 15.1 Å². The second kappa shape index (κ2) is 7.09. The first-order valence-corrected chi connectivity index (χ1v) is 7.10. The third-order valence-electron chi connectivity index (χ3n) is 2.55. The number of halogens is 1. The predicted octanol–water partition coefficient (Wildman–Crippen LogP) is 2.04. The van der Waals surface area contributed by atoms with Gasteiger partial charge in [0.05, 0.1) is 6.26 Å². The molecule has 2 amide bonds. The summed E-state index contributed by atoms with van der Waals surface area (Å²) in [5.74, 6) is -0.193. The number of furan rings is 1. The standard InChI is InChI=1S/C14H13IN2O3/c15-11-5-3-10(4-6-11)13(18)16-7-8-17-14(19)12-2-1-9-20-12/h1-6,9H,7-8H2,(H,16,18)(H,17,19). The molecule has 0 aliphatic rings. The molecule has 104 valence electrons. The van der Waals surface area contributed by atoms with Crippen LogP contribution in [0, 0.1) is 3.57 Å². The van der Waals surface area contributed by atoms with Crippen molar-refractivity contribution < 1.29 is 14.0 Å². The van der Waals surface area contributed by atoms with Crippen LogP contribution in [0.15, 0.2) is 47.1 Å². The van der Waals surface area contributed by atoms with E-state index in [1.54, 1.807) is 24.3 Å². The third kappa shape index (κ3) is 4.09. The molecule has 2 N–H and O–H groups in total. The average Bonchev–Trinajstić information content (AvgIpc) is 2.98. The van der Waals surface area contributed by atoms with Crippen molar-refractivity contribution in [3.8, 4) is 0 Å². The fourth-order valence-electron chi connectivity index (χ4n) is 1.55. The Hall–Kier alpha value is -1.83. The van der Waals surface area contributed by atoms with Gasteiger partial charge >= 0.3 is 0 Å². The Labute approximate surface area is 129 Å². The topological polar surface area (TPSA) is 71.3 Å². The van der Waals surface area contributed by atoms with Crippen molar-refractivity contribution in [2.24, 2.45) is 0 Å². The Morgan fingerprint density at radius 3 is 2.25 bits per heavy atom. The lowest BCUT2D eigenvalue weighted by Crippen LogP contribution is -2.34. The van der Waals surface area contributed by atoms with Gasteiger partial charge in [-0.1, -0.05) is 0 Å². The molecule has 2 rings (SSSR count). The van der Waals surface area contributed by atoms with Gasteiger partial charge in [-0.3, -0.25) is 9.59 Å². The summed E-state index contributed by atoms with van der Waals surface area (Å²) in [5, 5.41) is 5.38. The molecule has 0 radical (unpaired) electrons. The van der Waals surface area contributed by atoms with E-state index >= 15 is 0 Å². The highest BCUT2D eigenvalue weighted by Gasteiger charge is 2.08. The van der Waals surface area contributed by atoms with Gasteiger partial charge in [-0.2, -0.15) is 0 Å². The smallest absolute Gasteiger partial charge is 0.287 e. The minimum atomic E-state index is -0.293. The minimum Gasteiger partial charge on any atom is -0.459 e. The van der Waals surface area contributed by atoms with Crippen molar-refractivity contribution >= 4 is 34.4 Å². The first-order chi connectivity index (χ1) is 9.66. The Kier molecular flexibility index (Phi) is 5.16. The molecule has 0 unspecified atom stereocenters. The lowest BCUT2D eigenvalue weighted by molar-refractivity contribution is 0.0910. The molecule has 0 aliphatic carbocycles. The number of hydrogen-bond acceptors (Lipinski definition) is 3. The van der Waals surface area contributed by atoms with Crippen molar-refractivity contribution in [3.05, 3.63) is 57.6 Å². The monoisotopic (exact) mass is 384 g/mol. The first-order valence-electron chi connectivity index (χ1n) is 6.02. The summed E-state index contributed by atoms with van der Waals surface area (Å²) in [6.07, 6.45) is 1.44. The molecule has 2 aromatic rings. The highest BCUT2D eigenvalue weighted by Crippen LogP contribution is 2.06. The molecule has 1 aromatic carbocycles. The molecule has 0 saturated carbocycles. The van der Waals surface area contributed by atoms with E-state index < -0.39 is 0 Å². The van der Waals surface area contributed by atoms with Crippen LogP contribution in [0.25, 0.3) is 0 Å². The summed E-state index contributed by atoms with van der Waals surface area (Å²) >= 11 is 2.18. The molecule has 0 fully saturated rings. The number of carbonyl (C=O) groups is 2. The van der Waals surface area contributed by atoms with Crippen LogP contribution in [-0.2, 0) is 0 Å². The van der Waals surface area contributed by atoms with Crippen molar-refractivity contribution in [1.29, 1.82) is 0 Å². The van der Waals surface area contributed by atoms with Crippen LogP contribution in [0.3, 0.4) is 0 Å². The third-order valence-corrected chi connectivity index (χ3v) is 3.27. The summed E-state index contributed by atoms with van der Waals surface area (Å²) in [6.45, 7) is 0.701. The fourth-order valence-corrected chi connectivity index (χ4v) is 1.91. The Morgan fingerprint density at radius 2 is 1.65 bits per heavy atom. The zero-order valence-corrected chi connectivity index (χ0v) is 12.7. The normalized spacial score (nSPS) is 10.1. The maximum Gasteiger partial charge on any atom is 0.287 e. The van der Waals surface area contributed by atoms with Gasteiger partial charge in [-0.15, -0.1) is 0 Å². The Balaban J connectivity index is 1.72. The molecular weight excluding hydrogens is 371 g/mol. The second-order valence-corrected chi connectivity index (χ2v) is 5.24. The number of carbonyl (C=O) groups excluding carboxylic acids is 2. The summed E-state index contributed by atoms with van der Waals surface area (Å²) in [4.78, 5) is 23.3. The van der Waals surface area contributed by atoms with Gasteiger partial charge in [0.25, 0.3) is 11.8 Å². The molecule has 1 aromatic heterocycles. The molecule has 5 nitrogen and oxygen atoms in total. The molecule has 0 aliphatic heterocycles. The quantitative estimate of drug-likeness (QED) is 0.613. The molecule has 1 heterocycles. The molecule has 0 saturated heterocycles. The maximum absolute atomic E-state index is 11.8. The highest BCUT2D eigenvalue weighted by molar-refractivity contribution is 14.1. The molecular formula is C14H13IN2O3. The molecule has 0 atom stereocenters. The molecule has 20 heavy (non-hydrogen) atoms. The number of amides is 2. The SMILES string of the molecule is O=C(NCCNC(=O)c1ccco1)c1ccc(I)cc1. The Morgan fingerprint density at radius 1 is 1.00 bits per heavy atom. The predicted molar refractivity (Wildman–Crippen MR) is 82.5 cm³/mol. The number of rotatable bonds is 5. The maximum atomic E-state index is 11.8. The highest BCUT2D eigenvalue weighted by atomic mass is 127. The van der Waals surface area contributed by atoms with E-state index in [1.165, 1.54) is 6.26 Å². The lowest BCUT2D eigenvalue weighted by atomic mass is 10.2. The van der Waals surface area contributed by atoms with Gasteiger partial charge in [0.1, 0.15) is 0 Å².